The number of halogens is 1. The van der Waals surface area contributed by atoms with Crippen LogP contribution in [0.1, 0.15) is 5.56 Å². The fourth-order valence-corrected chi connectivity index (χ4v) is 1.97. The summed E-state index contributed by atoms with van der Waals surface area (Å²) in [4.78, 5) is 4.40. The first kappa shape index (κ1) is 11.9. The van der Waals surface area contributed by atoms with Crippen molar-refractivity contribution in [3.63, 3.8) is 0 Å². The summed E-state index contributed by atoms with van der Waals surface area (Å²) in [5, 5.41) is 0. The van der Waals surface area contributed by atoms with Crippen LogP contribution >= 0.6 is 22.6 Å². The molecule has 0 atom stereocenters. The lowest BCUT2D eigenvalue weighted by Crippen LogP contribution is -2.14. The fraction of sp³-hybridized carbons (Fsp3) is 0. The second kappa shape index (κ2) is 5.18. The number of hydrogen-bond acceptors (Lipinski definition) is 2. The summed E-state index contributed by atoms with van der Waals surface area (Å²) in [5.74, 6) is 0.437. The minimum Gasteiger partial charge on any atom is -0.398 e. The zero-order valence-electron chi connectivity index (χ0n) is 9.10. The maximum atomic E-state index is 5.96. The summed E-state index contributed by atoms with van der Waals surface area (Å²) in [6, 6.07) is 15.3. The van der Waals surface area contributed by atoms with E-state index in [2.05, 4.69) is 27.6 Å². The Morgan fingerprint density at radius 1 is 1.00 bits per heavy atom. The van der Waals surface area contributed by atoms with Crippen LogP contribution < -0.4 is 11.5 Å². The molecule has 3 nitrogen and oxygen atoms in total. The SMILES string of the molecule is NC(=Nc1ccccc1I)c1ccccc1N. The first-order valence-corrected chi connectivity index (χ1v) is 6.20. The van der Waals surface area contributed by atoms with Crippen LogP contribution in [0.3, 0.4) is 0 Å². The molecule has 2 rings (SSSR count). The summed E-state index contributed by atoms with van der Waals surface area (Å²) < 4.78 is 1.06. The first-order chi connectivity index (χ1) is 8.18. The van der Waals surface area contributed by atoms with Crippen LogP contribution in [0.4, 0.5) is 11.4 Å². The van der Waals surface area contributed by atoms with Gasteiger partial charge >= 0.3 is 0 Å². The van der Waals surface area contributed by atoms with Crippen molar-refractivity contribution in [1.29, 1.82) is 0 Å². The Morgan fingerprint density at radius 3 is 2.35 bits per heavy atom. The van der Waals surface area contributed by atoms with E-state index in [9.17, 15) is 0 Å². The van der Waals surface area contributed by atoms with Crippen LogP contribution in [0.2, 0.25) is 0 Å². The number of nitrogens with zero attached hydrogens (tertiary/aromatic N) is 1. The van der Waals surface area contributed by atoms with Crippen LogP contribution in [-0.4, -0.2) is 5.84 Å². The van der Waals surface area contributed by atoms with Gasteiger partial charge in [-0.25, -0.2) is 4.99 Å². The van der Waals surface area contributed by atoms with E-state index in [0.29, 0.717) is 11.5 Å². The minimum atomic E-state index is 0.437. The molecule has 0 fully saturated rings. The third kappa shape index (κ3) is 2.76. The zero-order valence-corrected chi connectivity index (χ0v) is 11.3. The first-order valence-electron chi connectivity index (χ1n) is 5.12. The highest BCUT2D eigenvalue weighted by Crippen LogP contribution is 2.21. The number of anilines is 1. The molecule has 0 unspecified atom stereocenters. The molecule has 0 heterocycles. The van der Waals surface area contributed by atoms with Crippen LogP contribution in [0.5, 0.6) is 0 Å². The molecule has 0 saturated carbocycles. The van der Waals surface area contributed by atoms with Gasteiger partial charge in [0.15, 0.2) is 0 Å². The number of rotatable bonds is 2. The summed E-state index contributed by atoms with van der Waals surface area (Å²) in [6.07, 6.45) is 0. The third-order valence-electron chi connectivity index (χ3n) is 2.33. The van der Waals surface area contributed by atoms with E-state index in [1.165, 1.54) is 0 Å². The van der Waals surface area contributed by atoms with Gasteiger partial charge in [0.25, 0.3) is 0 Å². The molecule has 0 aliphatic rings. The highest BCUT2D eigenvalue weighted by atomic mass is 127. The minimum absolute atomic E-state index is 0.437. The number of benzene rings is 2. The van der Waals surface area contributed by atoms with Gasteiger partial charge in [0.2, 0.25) is 0 Å². The van der Waals surface area contributed by atoms with Gasteiger partial charge in [-0.05, 0) is 46.9 Å². The van der Waals surface area contributed by atoms with E-state index < -0.39 is 0 Å². The Labute approximate surface area is 114 Å². The van der Waals surface area contributed by atoms with Gasteiger partial charge in [-0.15, -0.1) is 0 Å². The Morgan fingerprint density at radius 2 is 1.65 bits per heavy atom. The van der Waals surface area contributed by atoms with E-state index in [0.717, 1.165) is 14.8 Å². The van der Waals surface area contributed by atoms with Crippen molar-refractivity contribution in [2.75, 3.05) is 5.73 Å². The second-order valence-electron chi connectivity index (χ2n) is 3.54. The Bertz CT molecular complexity index is 564. The van der Waals surface area contributed by atoms with Crippen molar-refractivity contribution in [2.45, 2.75) is 0 Å². The van der Waals surface area contributed by atoms with E-state index >= 15 is 0 Å². The zero-order chi connectivity index (χ0) is 12.3. The van der Waals surface area contributed by atoms with Gasteiger partial charge in [-0.3, -0.25) is 0 Å². The van der Waals surface area contributed by atoms with Gasteiger partial charge in [0.1, 0.15) is 5.84 Å². The van der Waals surface area contributed by atoms with Crippen LogP contribution in [0.25, 0.3) is 0 Å². The molecule has 0 aliphatic heterocycles. The number of aliphatic imine (C=N–C) groups is 1. The molecular weight excluding hydrogens is 325 g/mol. The van der Waals surface area contributed by atoms with E-state index in [4.69, 9.17) is 11.5 Å². The van der Waals surface area contributed by atoms with Gasteiger partial charge in [0, 0.05) is 14.8 Å². The van der Waals surface area contributed by atoms with Crippen molar-refractivity contribution in [3.8, 4) is 0 Å². The smallest absolute Gasteiger partial charge is 0.133 e. The number of nitrogen functional groups attached to an aromatic ring is 1. The average Bonchev–Trinajstić information content (AvgIpc) is 2.32. The lowest BCUT2D eigenvalue weighted by Gasteiger charge is -2.05. The maximum Gasteiger partial charge on any atom is 0.133 e. The number of amidine groups is 1. The second-order valence-corrected chi connectivity index (χ2v) is 4.70. The normalized spacial score (nSPS) is 11.5. The summed E-state index contributed by atoms with van der Waals surface area (Å²) >= 11 is 2.23. The molecule has 86 valence electrons. The molecule has 4 N–H and O–H groups in total. The predicted octanol–water partition coefficient (Wildman–Crippen LogP) is 2.91. The molecule has 17 heavy (non-hydrogen) atoms. The van der Waals surface area contributed by atoms with Crippen molar-refractivity contribution in [1.82, 2.24) is 0 Å². The Hall–Kier alpha value is -1.56. The molecule has 0 aliphatic carbocycles. The van der Waals surface area contributed by atoms with Crippen LogP contribution in [0.15, 0.2) is 53.5 Å². The van der Waals surface area contributed by atoms with Crippen molar-refractivity contribution < 1.29 is 0 Å². The van der Waals surface area contributed by atoms with Gasteiger partial charge in [0.05, 0.1) is 5.69 Å². The molecule has 0 bridgehead atoms. The molecule has 2 aromatic rings. The maximum absolute atomic E-state index is 5.96. The molecule has 2 aromatic carbocycles. The third-order valence-corrected chi connectivity index (χ3v) is 3.24. The standard InChI is InChI=1S/C13H12IN3/c14-10-6-2-4-8-12(10)17-13(16)9-5-1-3-7-11(9)15/h1-8H,15H2,(H2,16,17). The van der Waals surface area contributed by atoms with Crippen molar-refractivity contribution in [2.24, 2.45) is 10.7 Å². The molecule has 0 spiro atoms. The fourth-order valence-electron chi connectivity index (χ4n) is 1.46. The highest BCUT2D eigenvalue weighted by Gasteiger charge is 2.03. The van der Waals surface area contributed by atoms with Gasteiger partial charge in [-0.2, -0.15) is 0 Å². The van der Waals surface area contributed by atoms with Gasteiger partial charge < -0.3 is 11.5 Å². The van der Waals surface area contributed by atoms with E-state index in [-0.39, 0.29) is 0 Å². The molecular formula is C13H12IN3. The van der Waals surface area contributed by atoms with Crippen molar-refractivity contribution >= 4 is 39.8 Å². The average molecular weight is 337 g/mol. The molecule has 0 amide bonds. The quantitative estimate of drug-likeness (QED) is 0.383. The topological polar surface area (TPSA) is 64.4 Å². The Kier molecular flexibility index (Phi) is 3.63. The molecule has 0 aromatic heterocycles. The monoisotopic (exact) mass is 337 g/mol. The largest absolute Gasteiger partial charge is 0.398 e. The van der Waals surface area contributed by atoms with E-state index in [1.54, 1.807) is 0 Å². The number of nitrogens with two attached hydrogens (primary N) is 2. The van der Waals surface area contributed by atoms with Crippen LogP contribution in [0, 0.1) is 3.57 Å². The molecule has 0 saturated heterocycles. The lowest BCUT2D eigenvalue weighted by molar-refractivity contribution is 1.43. The van der Waals surface area contributed by atoms with Crippen LogP contribution in [-0.2, 0) is 0 Å². The summed E-state index contributed by atoms with van der Waals surface area (Å²) in [6.45, 7) is 0. The van der Waals surface area contributed by atoms with Crippen molar-refractivity contribution in [3.05, 3.63) is 57.7 Å². The molecule has 4 heteroatoms. The van der Waals surface area contributed by atoms with E-state index in [1.807, 2.05) is 48.5 Å². The predicted molar refractivity (Wildman–Crippen MR) is 80.4 cm³/mol. The summed E-state index contributed by atoms with van der Waals surface area (Å²) in [7, 11) is 0. The number of para-hydroxylation sites is 2. The lowest BCUT2D eigenvalue weighted by atomic mass is 10.1. The van der Waals surface area contributed by atoms with Gasteiger partial charge in [-0.1, -0.05) is 24.3 Å². The summed E-state index contributed by atoms with van der Waals surface area (Å²) in [5.41, 5.74) is 14.1. The Balaban J connectivity index is 2.42. The number of hydrogen-bond donors (Lipinski definition) is 2. The highest BCUT2D eigenvalue weighted by molar-refractivity contribution is 14.1. The molecule has 0 radical (unpaired) electrons.